The smallest absolute Gasteiger partial charge is 0.306 e. The van der Waals surface area contributed by atoms with Crippen LogP contribution in [0.1, 0.15) is 22.3 Å². The van der Waals surface area contributed by atoms with Crippen molar-refractivity contribution in [3.05, 3.63) is 168 Å². The van der Waals surface area contributed by atoms with Crippen LogP contribution < -0.4 is 0 Å². The fraction of sp³-hybridized carbons (Fsp3) is 0.0278. The summed E-state index contributed by atoms with van der Waals surface area (Å²) < 4.78 is 7.81. The van der Waals surface area contributed by atoms with Crippen LogP contribution in [0, 0.1) is 0 Å². The lowest BCUT2D eigenvalue weighted by Crippen LogP contribution is -2.28. The van der Waals surface area contributed by atoms with Gasteiger partial charge in [-0.1, -0.05) is 127 Å². The summed E-state index contributed by atoms with van der Waals surface area (Å²) in [6.07, 6.45) is 3.65. The lowest BCUT2D eigenvalue weighted by molar-refractivity contribution is 0.596. The molecule has 2 aromatic heterocycles. The van der Waals surface area contributed by atoms with Crippen LogP contribution in [0.15, 0.2) is 150 Å². The highest BCUT2D eigenvalue weighted by Gasteiger charge is 2.46. The van der Waals surface area contributed by atoms with E-state index in [9.17, 15) is 0 Å². The molecule has 0 saturated heterocycles. The van der Waals surface area contributed by atoms with E-state index >= 15 is 0 Å². The second kappa shape index (κ2) is 8.44. The normalized spacial score (nSPS) is 13.3. The molecule has 0 N–H and O–H groups in total. The molecule has 5 aromatic carbocycles. The van der Waals surface area contributed by atoms with Gasteiger partial charge in [-0.05, 0) is 39.4 Å². The zero-order chi connectivity index (χ0) is 25.8. The van der Waals surface area contributed by atoms with Crippen LogP contribution in [0.3, 0.4) is 0 Å². The average molecular weight is 501 g/mol. The van der Waals surface area contributed by atoms with Gasteiger partial charge in [0.15, 0.2) is 0 Å². The van der Waals surface area contributed by atoms with E-state index in [1.807, 2.05) is 12.3 Å². The standard InChI is InChI=1S/C36H24N2O/c1-4-12-25(13-5-1)33-34(38-22-23-39-35(38)37-33)26-20-21-30-29-18-10-11-19-31(29)36(32(30)24-26,27-14-6-2-7-15-27)28-16-8-3-9-17-28/h1-24H. The Hall–Kier alpha value is -5.15. The summed E-state index contributed by atoms with van der Waals surface area (Å²) in [6.45, 7) is 0. The predicted molar refractivity (Wildman–Crippen MR) is 156 cm³/mol. The summed E-state index contributed by atoms with van der Waals surface area (Å²) in [7, 11) is 0. The van der Waals surface area contributed by atoms with Gasteiger partial charge < -0.3 is 4.42 Å². The van der Waals surface area contributed by atoms with Crippen molar-refractivity contribution in [1.29, 1.82) is 0 Å². The molecule has 3 heteroatoms. The molecule has 0 fully saturated rings. The second-order valence-corrected chi connectivity index (χ2v) is 10.0. The van der Waals surface area contributed by atoms with Gasteiger partial charge in [0, 0.05) is 17.3 Å². The first-order valence-corrected chi connectivity index (χ1v) is 13.2. The van der Waals surface area contributed by atoms with Crippen LogP contribution in [0.2, 0.25) is 0 Å². The van der Waals surface area contributed by atoms with Crippen molar-refractivity contribution >= 4 is 5.84 Å². The number of fused-ring (bicyclic) bond motifs is 4. The highest BCUT2D eigenvalue weighted by Crippen LogP contribution is 2.56. The molecule has 0 radical (unpaired) electrons. The van der Waals surface area contributed by atoms with Crippen LogP contribution in [0.5, 0.6) is 0 Å². The average Bonchev–Trinajstić information content (AvgIpc) is 3.69. The molecule has 184 valence electrons. The Kier molecular flexibility index (Phi) is 4.74. The van der Waals surface area contributed by atoms with Gasteiger partial charge in [0.05, 0.1) is 11.1 Å². The lowest BCUT2D eigenvalue weighted by Gasteiger charge is -2.34. The third kappa shape index (κ3) is 3.07. The van der Waals surface area contributed by atoms with E-state index in [2.05, 4.69) is 132 Å². The molecule has 2 heterocycles. The number of imidazole rings is 1. The molecule has 1 aliphatic rings. The van der Waals surface area contributed by atoms with Crippen LogP contribution in [0.4, 0.5) is 0 Å². The van der Waals surface area contributed by atoms with Crippen LogP contribution in [0.25, 0.3) is 39.5 Å². The van der Waals surface area contributed by atoms with E-state index in [0.717, 1.165) is 22.5 Å². The molecule has 1 aliphatic carbocycles. The Labute approximate surface area is 226 Å². The number of rotatable bonds is 4. The third-order valence-electron chi connectivity index (χ3n) is 8.04. The summed E-state index contributed by atoms with van der Waals surface area (Å²) >= 11 is 0. The molecule has 3 nitrogen and oxygen atoms in total. The minimum absolute atomic E-state index is 0.447. The van der Waals surface area contributed by atoms with Gasteiger partial charge in [-0.3, -0.25) is 4.40 Å². The van der Waals surface area contributed by atoms with Gasteiger partial charge in [0.1, 0.15) is 12.0 Å². The fourth-order valence-corrected chi connectivity index (χ4v) is 6.45. The van der Waals surface area contributed by atoms with Crippen molar-refractivity contribution in [2.24, 2.45) is 0 Å². The number of nitrogens with zero attached hydrogens (tertiary/aromatic N) is 2. The summed E-state index contributed by atoms with van der Waals surface area (Å²) in [5.41, 5.74) is 11.3. The Balaban J connectivity index is 1.47. The maximum absolute atomic E-state index is 5.76. The molecular weight excluding hydrogens is 476 g/mol. The Morgan fingerprint density at radius 1 is 0.564 bits per heavy atom. The summed E-state index contributed by atoms with van der Waals surface area (Å²) in [5, 5.41) is 0. The van der Waals surface area contributed by atoms with Gasteiger partial charge >= 0.3 is 5.84 Å². The summed E-state index contributed by atoms with van der Waals surface area (Å²) in [6, 6.07) is 47.9. The van der Waals surface area contributed by atoms with Gasteiger partial charge in [0.25, 0.3) is 0 Å². The lowest BCUT2D eigenvalue weighted by atomic mass is 9.67. The quantitative estimate of drug-likeness (QED) is 0.242. The zero-order valence-electron chi connectivity index (χ0n) is 21.2. The maximum atomic E-state index is 5.76. The first kappa shape index (κ1) is 21.9. The van der Waals surface area contributed by atoms with E-state index in [0.29, 0.717) is 5.84 Å². The van der Waals surface area contributed by atoms with E-state index < -0.39 is 5.41 Å². The van der Waals surface area contributed by atoms with Crippen LogP contribution in [-0.2, 0) is 5.41 Å². The van der Waals surface area contributed by atoms with Gasteiger partial charge in [-0.2, -0.15) is 4.98 Å². The number of hydrogen-bond donors (Lipinski definition) is 0. The molecule has 0 saturated carbocycles. The SMILES string of the molecule is c1ccc(-c2nc3occn3c2-c2ccc3c(c2)C(c2ccccc2)(c2ccccc2)c2ccccc2-3)cc1. The van der Waals surface area contributed by atoms with Crippen molar-refractivity contribution in [3.63, 3.8) is 0 Å². The van der Waals surface area contributed by atoms with Crippen molar-refractivity contribution in [1.82, 2.24) is 9.38 Å². The summed E-state index contributed by atoms with van der Waals surface area (Å²) in [4.78, 5) is 4.90. The second-order valence-electron chi connectivity index (χ2n) is 10.0. The van der Waals surface area contributed by atoms with E-state index in [1.165, 1.54) is 33.4 Å². The third-order valence-corrected chi connectivity index (χ3v) is 8.04. The first-order chi connectivity index (χ1) is 19.4. The predicted octanol–water partition coefficient (Wildman–Crippen LogP) is 8.62. The zero-order valence-corrected chi connectivity index (χ0v) is 21.2. The number of benzene rings is 5. The number of oxazole rings is 1. The first-order valence-electron chi connectivity index (χ1n) is 13.2. The molecule has 0 amide bonds. The van der Waals surface area contributed by atoms with Gasteiger partial charge in [-0.15, -0.1) is 0 Å². The molecule has 0 bridgehead atoms. The Bertz CT molecular complexity index is 1910. The molecular formula is C36H24N2O. The van der Waals surface area contributed by atoms with Gasteiger partial charge in [0.2, 0.25) is 0 Å². The monoisotopic (exact) mass is 500 g/mol. The van der Waals surface area contributed by atoms with Gasteiger partial charge in [-0.25, -0.2) is 0 Å². The molecule has 0 unspecified atom stereocenters. The molecule has 7 aromatic rings. The number of aromatic nitrogens is 2. The van der Waals surface area contributed by atoms with Crippen molar-refractivity contribution in [2.45, 2.75) is 5.41 Å². The summed E-state index contributed by atoms with van der Waals surface area (Å²) in [5.74, 6) is 0.588. The molecule has 0 spiro atoms. The molecule has 0 atom stereocenters. The van der Waals surface area contributed by atoms with Crippen molar-refractivity contribution in [3.8, 4) is 33.6 Å². The minimum Gasteiger partial charge on any atom is -0.432 e. The molecule has 8 rings (SSSR count). The van der Waals surface area contributed by atoms with Crippen LogP contribution in [-0.4, -0.2) is 9.38 Å². The van der Waals surface area contributed by atoms with E-state index in [-0.39, 0.29) is 0 Å². The highest BCUT2D eigenvalue weighted by molar-refractivity contribution is 5.90. The highest BCUT2D eigenvalue weighted by atomic mass is 16.3. The van der Waals surface area contributed by atoms with E-state index in [1.54, 1.807) is 6.26 Å². The topological polar surface area (TPSA) is 30.4 Å². The molecule has 39 heavy (non-hydrogen) atoms. The largest absolute Gasteiger partial charge is 0.432 e. The van der Waals surface area contributed by atoms with Crippen molar-refractivity contribution < 1.29 is 4.42 Å². The maximum Gasteiger partial charge on any atom is 0.306 e. The Morgan fingerprint density at radius 2 is 1.18 bits per heavy atom. The molecule has 0 aliphatic heterocycles. The minimum atomic E-state index is -0.447. The Morgan fingerprint density at radius 3 is 1.90 bits per heavy atom. The number of hydrogen-bond acceptors (Lipinski definition) is 2. The van der Waals surface area contributed by atoms with Crippen molar-refractivity contribution in [2.75, 3.05) is 0 Å². The fourth-order valence-electron chi connectivity index (χ4n) is 6.45. The van der Waals surface area contributed by atoms with Crippen LogP contribution >= 0.6 is 0 Å². The van der Waals surface area contributed by atoms with E-state index in [4.69, 9.17) is 9.40 Å².